The van der Waals surface area contributed by atoms with Crippen LogP contribution in [0, 0.1) is 0 Å². The van der Waals surface area contributed by atoms with Gasteiger partial charge < -0.3 is 4.74 Å². The van der Waals surface area contributed by atoms with Gasteiger partial charge in [0.15, 0.2) is 0 Å². The second kappa shape index (κ2) is 7.35. The standard InChI is InChI=1S/C11H12ClF9O2/c1-2-3-7(22)23-6(5-12)4-8(13,14)9(15,16)10(17,18)11(19,20)21/h6H,2-5H2,1H3. The summed E-state index contributed by atoms with van der Waals surface area (Å²) in [6.45, 7) is 1.49. The van der Waals surface area contributed by atoms with Crippen molar-refractivity contribution in [2.75, 3.05) is 5.88 Å². The van der Waals surface area contributed by atoms with E-state index in [2.05, 4.69) is 4.74 Å². The summed E-state index contributed by atoms with van der Waals surface area (Å²) in [4.78, 5) is 11.1. The molecule has 0 aromatic carbocycles. The molecular formula is C11H12ClF9O2. The molecule has 0 radical (unpaired) electrons. The highest BCUT2D eigenvalue weighted by Crippen LogP contribution is 2.54. The van der Waals surface area contributed by atoms with Crippen LogP contribution >= 0.6 is 11.6 Å². The van der Waals surface area contributed by atoms with Gasteiger partial charge in [-0.05, 0) is 6.42 Å². The molecule has 0 amide bonds. The maximum absolute atomic E-state index is 13.3. The Morgan fingerprint density at radius 3 is 1.83 bits per heavy atom. The summed E-state index contributed by atoms with van der Waals surface area (Å²) in [6.07, 6.45) is -11.4. The first-order valence-electron chi connectivity index (χ1n) is 6.09. The molecule has 0 spiro atoms. The number of hydrogen-bond acceptors (Lipinski definition) is 2. The van der Waals surface area contributed by atoms with Crippen molar-refractivity contribution in [1.29, 1.82) is 0 Å². The molecular weight excluding hydrogens is 371 g/mol. The Bertz CT molecular complexity index is 409. The predicted octanol–water partition coefficient (Wildman–Crippen LogP) is 4.80. The zero-order valence-electron chi connectivity index (χ0n) is 11.5. The Kier molecular flexibility index (Phi) is 7.07. The molecule has 0 N–H and O–H groups in total. The Morgan fingerprint density at radius 1 is 1.00 bits per heavy atom. The number of hydrogen-bond donors (Lipinski definition) is 0. The molecule has 0 bridgehead atoms. The number of carbonyl (C=O) groups excluding carboxylic acids is 1. The summed E-state index contributed by atoms with van der Waals surface area (Å²) < 4.78 is 118. The number of halogens is 10. The van der Waals surface area contributed by atoms with Gasteiger partial charge in [0.05, 0.1) is 12.3 Å². The molecule has 0 fully saturated rings. The largest absolute Gasteiger partial charge is 0.461 e. The van der Waals surface area contributed by atoms with E-state index in [9.17, 15) is 44.3 Å². The van der Waals surface area contributed by atoms with Crippen LogP contribution in [-0.4, -0.2) is 41.9 Å². The Balaban J connectivity index is 5.33. The van der Waals surface area contributed by atoms with Crippen molar-refractivity contribution >= 4 is 17.6 Å². The van der Waals surface area contributed by atoms with E-state index in [-0.39, 0.29) is 12.8 Å². The molecule has 0 aromatic rings. The first-order chi connectivity index (χ1) is 10.1. The minimum absolute atomic E-state index is 0.201. The molecule has 0 rings (SSSR count). The highest BCUT2D eigenvalue weighted by molar-refractivity contribution is 6.18. The van der Waals surface area contributed by atoms with Crippen molar-refractivity contribution < 1.29 is 49.0 Å². The molecule has 1 atom stereocenters. The van der Waals surface area contributed by atoms with Gasteiger partial charge in [-0.25, -0.2) is 0 Å². The van der Waals surface area contributed by atoms with E-state index in [1.54, 1.807) is 0 Å². The lowest BCUT2D eigenvalue weighted by atomic mass is 9.99. The van der Waals surface area contributed by atoms with Gasteiger partial charge in [0, 0.05) is 6.42 Å². The quantitative estimate of drug-likeness (QED) is 0.342. The fourth-order valence-electron chi connectivity index (χ4n) is 1.40. The highest BCUT2D eigenvalue weighted by Gasteiger charge is 2.81. The van der Waals surface area contributed by atoms with Gasteiger partial charge >= 0.3 is 29.9 Å². The van der Waals surface area contributed by atoms with Crippen molar-refractivity contribution in [2.24, 2.45) is 0 Å². The molecule has 0 saturated heterocycles. The predicted molar refractivity (Wildman–Crippen MR) is 61.0 cm³/mol. The topological polar surface area (TPSA) is 26.3 Å². The summed E-state index contributed by atoms with van der Waals surface area (Å²) in [6, 6.07) is 0. The summed E-state index contributed by atoms with van der Waals surface area (Å²) in [5.74, 6) is -21.7. The highest BCUT2D eigenvalue weighted by atomic mass is 35.5. The molecule has 0 aliphatic heterocycles. The Morgan fingerprint density at radius 2 is 1.48 bits per heavy atom. The van der Waals surface area contributed by atoms with Gasteiger partial charge in [-0.2, -0.15) is 39.5 Å². The zero-order chi connectivity index (χ0) is 18.7. The second-order valence-corrected chi connectivity index (χ2v) is 4.88. The fraction of sp³-hybridized carbons (Fsp3) is 0.909. The number of ether oxygens (including phenoxy) is 1. The monoisotopic (exact) mass is 382 g/mol. The third-order valence-corrected chi connectivity index (χ3v) is 2.96. The number of rotatable bonds is 8. The third-order valence-electron chi connectivity index (χ3n) is 2.62. The SMILES string of the molecule is CCCC(=O)OC(CCl)CC(F)(F)C(F)(F)C(F)(F)C(F)(F)F. The van der Waals surface area contributed by atoms with E-state index < -0.39 is 48.3 Å². The van der Waals surface area contributed by atoms with E-state index in [1.165, 1.54) is 6.92 Å². The van der Waals surface area contributed by atoms with Crippen molar-refractivity contribution in [1.82, 2.24) is 0 Å². The number of alkyl halides is 10. The number of carbonyl (C=O) groups is 1. The molecule has 0 heterocycles. The lowest BCUT2D eigenvalue weighted by Gasteiger charge is -2.34. The van der Waals surface area contributed by atoms with Gasteiger partial charge in [0.2, 0.25) is 0 Å². The van der Waals surface area contributed by atoms with E-state index in [4.69, 9.17) is 11.6 Å². The van der Waals surface area contributed by atoms with Gasteiger partial charge in [-0.3, -0.25) is 4.79 Å². The molecule has 0 aromatic heterocycles. The molecule has 0 aliphatic rings. The summed E-state index contributed by atoms with van der Waals surface area (Å²) in [7, 11) is 0. The van der Waals surface area contributed by atoms with Gasteiger partial charge in [0.1, 0.15) is 6.10 Å². The van der Waals surface area contributed by atoms with Gasteiger partial charge in [-0.1, -0.05) is 6.92 Å². The van der Waals surface area contributed by atoms with Crippen molar-refractivity contribution in [2.45, 2.75) is 56.2 Å². The van der Waals surface area contributed by atoms with Crippen molar-refractivity contribution in [3.05, 3.63) is 0 Å². The summed E-state index contributed by atoms with van der Waals surface area (Å²) >= 11 is 5.11. The second-order valence-electron chi connectivity index (χ2n) is 4.57. The summed E-state index contributed by atoms with van der Waals surface area (Å²) in [5.41, 5.74) is 0. The lowest BCUT2D eigenvalue weighted by molar-refractivity contribution is -0.398. The van der Waals surface area contributed by atoms with Crippen molar-refractivity contribution in [3.8, 4) is 0 Å². The average Bonchev–Trinajstić information content (AvgIpc) is 2.36. The molecule has 12 heteroatoms. The fourth-order valence-corrected chi connectivity index (χ4v) is 1.57. The van der Waals surface area contributed by atoms with E-state index in [0.717, 1.165) is 0 Å². The van der Waals surface area contributed by atoms with Crippen LogP contribution in [0.15, 0.2) is 0 Å². The molecule has 138 valence electrons. The zero-order valence-corrected chi connectivity index (χ0v) is 12.3. The van der Waals surface area contributed by atoms with Crippen LogP contribution in [0.4, 0.5) is 39.5 Å². The third kappa shape index (κ3) is 4.80. The first kappa shape index (κ1) is 22.1. The van der Waals surface area contributed by atoms with Crippen LogP contribution in [0.25, 0.3) is 0 Å². The normalized spacial score (nSPS) is 15.4. The number of esters is 1. The first-order valence-corrected chi connectivity index (χ1v) is 6.63. The lowest BCUT2D eigenvalue weighted by Crippen LogP contribution is -2.61. The summed E-state index contributed by atoms with van der Waals surface area (Å²) in [5, 5.41) is 0. The van der Waals surface area contributed by atoms with E-state index in [0.29, 0.717) is 0 Å². The van der Waals surface area contributed by atoms with Crippen LogP contribution < -0.4 is 0 Å². The molecule has 1 unspecified atom stereocenters. The van der Waals surface area contributed by atoms with Crippen LogP contribution in [0.5, 0.6) is 0 Å². The minimum Gasteiger partial charge on any atom is -0.461 e. The van der Waals surface area contributed by atoms with Crippen LogP contribution in [0.3, 0.4) is 0 Å². The van der Waals surface area contributed by atoms with Crippen LogP contribution in [-0.2, 0) is 9.53 Å². The van der Waals surface area contributed by atoms with E-state index in [1.807, 2.05) is 0 Å². The molecule has 0 saturated carbocycles. The smallest absolute Gasteiger partial charge is 0.460 e. The molecule has 0 aliphatic carbocycles. The molecule has 2 nitrogen and oxygen atoms in total. The van der Waals surface area contributed by atoms with Gasteiger partial charge in [0.25, 0.3) is 0 Å². The van der Waals surface area contributed by atoms with Crippen LogP contribution in [0.1, 0.15) is 26.2 Å². The Hall–Kier alpha value is -0.870. The average molecular weight is 383 g/mol. The minimum atomic E-state index is -6.98. The van der Waals surface area contributed by atoms with E-state index >= 15 is 0 Å². The Labute approximate surface area is 129 Å². The maximum atomic E-state index is 13.3. The van der Waals surface area contributed by atoms with Gasteiger partial charge in [-0.15, -0.1) is 11.6 Å². The molecule has 23 heavy (non-hydrogen) atoms. The van der Waals surface area contributed by atoms with Crippen LogP contribution in [0.2, 0.25) is 0 Å². The maximum Gasteiger partial charge on any atom is 0.460 e. The van der Waals surface area contributed by atoms with Crippen molar-refractivity contribution in [3.63, 3.8) is 0 Å².